The number of hydrogen-bond donors (Lipinski definition) is 0. The Hall–Kier alpha value is 0.627. The summed E-state index contributed by atoms with van der Waals surface area (Å²) in [5, 5.41) is 0.863. The van der Waals surface area contributed by atoms with E-state index >= 15 is 0 Å². The van der Waals surface area contributed by atoms with Crippen molar-refractivity contribution >= 4 is 45.3 Å². The summed E-state index contributed by atoms with van der Waals surface area (Å²) in [5.41, 5.74) is 2.89. The van der Waals surface area contributed by atoms with Gasteiger partial charge in [-0.2, -0.15) is 0 Å². The molecule has 0 heterocycles. The quantitative estimate of drug-likeness (QED) is 0.645. The zero-order valence-corrected chi connectivity index (χ0v) is 11.6. The van der Waals surface area contributed by atoms with Crippen molar-refractivity contribution < 1.29 is 0 Å². The molecule has 0 spiro atoms. The van der Waals surface area contributed by atoms with Gasteiger partial charge in [0.1, 0.15) is 0 Å². The summed E-state index contributed by atoms with van der Waals surface area (Å²) in [6, 6.07) is 6.27. The Balaban J connectivity index is 2.44. The standard InChI is InChI=1S/C10H9As2Cl/c11-9-4-1-6-5-7(13)2-3-8(6)10(9)12/h2-3,5,9-10H,1,4H2/t9-,10-/m1/s1. The molecule has 3 heteroatoms. The van der Waals surface area contributed by atoms with Gasteiger partial charge in [-0.15, -0.1) is 0 Å². The molecule has 0 bridgehead atoms. The summed E-state index contributed by atoms with van der Waals surface area (Å²) in [5.74, 6) is 0. The Labute approximate surface area is 101 Å². The first-order valence-corrected chi connectivity index (χ1v) is 6.87. The molecule has 66 valence electrons. The molecule has 0 nitrogen and oxygen atoms in total. The predicted octanol–water partition coefficient (Wildman–Crippen LogP) is 2.45. The van der Waals surface area contributed by atoms with Crippen molar-refractivity contribution in [2.24, 2.45) is 0 Å². The van der Waals surface area contributed by atoms with E-state index < -0.39 is 0 Å². The van der Waals surface area contributed by atoms with Gasteiger partial charge in [0, 0.05) is 0 Å². The van der Waals surface area contributed by atoms with Crippen molar-refractivity contribution in [2.75, 3.05) is 0 Å². The van der Waals surface area contributed by atoms with Gasteiger partial charge in [-0.25, -0.2) is 0 Å². The van der Waals surface area contributed by atoms with E-state index in [1.807, 2.05) is 6.07 Å². The fourth-order valence-electron chi connectivity index (χ4n) is 1.75. The van der Waals surface area contributed by atoms with Gasteiger partial charge in [0.2, 0.25) is 0 Å². The Morgan fingerprint density at radius 2 is 2.08 bits per heavy atom. The molecule has 2 rings (SSSR count). The molecule has 1 aliphatic carbocycles. The first kappa shape index (κ1) is 10.2. The first-order chi connectivity index (χ1) is 6.18. The molecular formula is C10H9As2Cl. The molecule has 1 aromatic rings. The minimum absolute atomic E-state index is 0.605. The van der Waals surface area contributed by atoms with Crippen LogP contribution in [0.15, 0.2) is 18.2 Å². The summed E-state index contributed by atoms with van der Waals surface area (Å²) >= 11 is 11.5. The SMILES string of the molecule is Clc1ccc2c(c1)CC[C@@H]([As])[C@@H]2[As]. The third-order valence-electron chi connectivity index (χ3n) is 2.50. The molecule has 13 heavy (non-hydrogen) atoms. The molecule has 0 saturated carbocycles. The Morgan fingerprint density at radius 3 is 2.85 bits per heavy atom. The van der Waals surface area contributed by atoms with Crippen LogP contribution in [-0.4, -0.2) is 33.7 Å². The van der Waals surface area contributed by atoms with E-state index in [0.717, 1.165) is 9.73 Å². The topological polar surface area (TPSA) is 0 Å². The Kier molecular flexibility index (Phi) is 3.13. The summed E-state index contributed by atoms with van der Waals surface area (Å²) < 4.78 is 1.33. The van der Waals surface area contributed by atoms with Crippen LogP contribution in [0, 0.1) is 0 Å². The van der Waals surface area contributed by atoms with Gasteiger partial charge in [-0.1, -0.05) is 0 Å². The van der Waals surface area contributed by atoms with Crippen molar-refractivity contribution in [2.45, 2.75) is 22.3 Å². The molecule has 2 atom stereocenters. The van der Waals surface area contributed by atoms with Crippen LogP contribution in [0.25, 0.3) is 0 Å². The van der Waals surface area contributed by atoms with E-state index in [9.17, 15) is 0 Å². The number of hydrogen-bond acceptors (Lipinski definition) is 0. The van der Waals surface area contributed by atoms with Gasteiger partial charge < -0.3 is 0 Å². The average molecular weight is 314 g/mol. The summed E-state index contributed by atoms with van der Waals surface area (Å²) in [6.07, 6.45) is 2.43. The summed E-state index contributed by atoms with van der Waals surface area (Å²) in [4.78, 5) is 0. The molecule has 1 aliphatic rings. The van der Waals surface area contributed by atoms with Crippen molar-refractivity contribution in [3.05, 3.63) is 34.3 Å². The maximum atomic E-state index is 5.95. The maximum absolute atomic E-state index is 5.95. The fourth-order valence-corrected chi connectivity index (χ4v) is 3.39. The third-order valence-corrected chi connectivity index (χ3v) is 6.35. The van der Waals surface area contributed by atoms with E-state index in [1.165, 1.54) is 24.0 Å². The van der Waals surface area contributed by atoms with Gasteiger partial charge in [0.05, 0.1) is 0 Å². The van der Waals surface area contributed by atoms with E-state index in [4.69, 9.17) is 11.6 Å². The predicted molar refractivity (Wildman–Crippen MR) is 57.8 cm³/mol. The summed E-state index contributed by atoms with van der Waals surface area (Å²) in [7, 11) is 0. The normalized spacial score (nSPS) is 27.0. The zero-order chi connectivity index (χ0) is 9.42. The monoisotopic (exact) mass is 314 g/mol. The number of rotatable bonds is 0. The molecular weight excluding hydrogens is 305 g/mol. The number of aryl methyl sites for hydroxylation is 1. The second kappa shape index (κ2) is 4.01. The molecule has 0 unspecified atom stereocenters. The number of halogens is 1. The van der Waals surface area contributed by atoms with E-state index in [-0.39, 0.29) is 0 Å². The van der Waals surface area contributed by atoms with E-state index in [1.54, 1.807) is 0 Å². The van der Waals surface area contributed by atoms with Gasteiger partial charge in [-0.05, 0) is 0 Å². The van der Waals surface area contributed by atoms with Crippen molar-refractivity contribution in [1.29, 1.82) is 0 Å². The Morgan fingerprint density at radius 1 is 1.31 bits per heavy atom. The van der Waals surface area contributed by atoms with Crippen molar-refractivity contribution in [1.82, 2.24) is 0 Å². The van der Waals surface area contributed by atoms with Gasteiger partial charge >= 0.3 is 102 Å². The zero-order valence-electron chi connectivity index (χ0n) is 7.07. The molecule has 0 amide bonds. The van der Waals surface area contributed by atoms with E-state index in [2.05, 4.69) is 45.8 Å². The first-order valence-electron chi connectivity index (χ1n) is 4.33. The van der Waals surface area contributed by atoms with Crippen molar-refractivity contribution in [3.8, 4) is 0 Å². The molecule has 0 saturated heterocycles. The van der Waals surface area contributed by atoms with Crippen LogP contribution in [0.4, 0.5) is 0 Å². The van der Waals surface area contributed by atoms with Crippen molar-refractivity contribution in [3.63, 3.8) is 0 Å². The fraction of sp³-hybridized carbons (Fsp3) is 0.400. The molecule has 0 aromatic heterocycles. The van der Waals surface area contributed by atoms with Crippen LogP contribution in [0.2, 0.25) is 9.73 Å². The van der Waals surface area contributed by atoms with Crippen LogP contribution in [0.1, 0.15) is 22.3 Å². The van der Waals surface area contributed by atoms with Crippen LogP contribution < -0.4 is 0 Å². The molecule has 0 N–H and O–H groups in total. The van der Waals surface area contributed by atoms with Crippen LogP contribution in [0.3, 0.4) is 0 Å². The second-order valence-electron chi connectivity index (χ2n) is 3.39. The third kappa shape index (κ3) is 2.01. The number of fused-ring (bicyclic) bond motifs is 1. The van der Waals surface area contributed by atoms with E-state index in [0.29, 0.717) is 4.71 Å². The van der Waals surface area contributed by atoms with Crippen LogP contribution in [0.5, 0.6) is 0 Å². The molecule has 1 aromatic carbocycles. The van der Waals surface area contributed by atoms with Gasteiger partial charge in [0.25, 0.3) is 0 Å². The van der Waals surface area contributed by atoms with Gasteiger partial charge in [0.15, 0.2) is 0 Å². The number of benzene rings is 1. The molecule has 4 radical (unpaired) electrons. The summed E-state index contributed by atoms with van der Waals surface area (Å²) in [6.45, 7) is 0. The van der Waals surface area contributed by atoms with Crippen LogP contribution in [-0.2, 0) is 6.42 Å². The Bertz CT molecular complexity index is 325. The van der Waals surface area contributed by atoms with Gasteiger partial charge in [-0.3, -0.25) is 0 Å². The van der Waals surface area contributed by atoms with Crippen LogP contribution >= 0.6 is 11.6 Å². The average Bonchev–Trinajstić information content (AvgIpc) is 2.12. The molecule has 0 fully saturated rings. The minimum atomic E-state index is 0.605. The second-order valence-corrected chi connectivity index (χ2v) is 6.39. The molecule has 0 aliphatic heterocycles.